The average molecular weight is 237 g/mol. The molecule has 1 heterocycles. The number of nitrogens with zero attached hydrogens (tertiary/aromatic N) is 1. The van der Waals surface area contributed by atoms with E-state index < -0.39 is 0 Å². The highest BCUT2D eigenvalue weighted by atomic mass is 32.2. The molecule has 0 N–H and O–H groups in total. The van der Waals surface area contributed by atoms with Gasteiger partial charge in [-0.25, -0.2) is 4.58 Å². The molecule has 0 spiro atoms. The normalized spacial score (nSPS) is 10.3. The van der Waals surface area contributed by atoms with Crippen LogP contribution in [0.15, 0.2) is 39.0 Å². The van der Waals surface area contributed by atoms with Crippen LogP contribution in [0.4, 0.5) is 0 Å². The summed E-state index contributed by atoms with van der Waals surface area (Å²) in [6.45, 7) is 0. The van der Waals surface area contributed by atoms with Gasteiger partial charge in [-0.2, -0.15) is 0 Å². The van der Waals surface area contributed by atoms with Crippen molar-refractivity contribution in [3.63, 3.8) is 0 Å². The second kappa shape index (κ2) is 4.16. The van der Waals surface area contributed by atoms with Gasteiger partial charge in [0.1, 0.15) is 19.9 Å². The minimum Gasteiger partial charge on any atom is -0.424 e. The maximum absolute atomic E-state index is 5.70. The first-order valence-corrected chi connectivity index (χ1v) is 5.77. The molecular formula is C11H11NOS2. The molecule has 0 fully saturated rings. The van der Waals surface area contributed by atoms with Crippen LogP contribution in [-0.2, 0) is 12.6 Å². The second-order valence-electron chi connectivity index (χ2n) is 3.35. The van der Waals surface area contributed by atoms with Crippen molar-refractivity contribution >= 4 is 24.0 Å². The molecule has 78 valence electrons. The van der Waals surface area contributed by atoms with Crippen LogP contribution in [0.1, 0.15) is 0 Å². The molecule has 0 amide bonds. The van der Waals surface area contributed by atoms with Gasteiger partial charge in [-0.05, 0) is 0 Å². The molecule has 2 aromatic rings. The predicted molar refractivity (Wildman–Crippen MR) is 64.8 cm³/mol. The van der Waals surface area contributed by atoms with Gasteiger partial charge in [-0.1, -0.05) is 34.5 Å². The van der Waals surface area contributed by atoms with E-state index in [-0.39, 0.29) is 0 Å². The summed E-state index contributed by atoms with van der Waals surface area (Å²) in [6, 6.07) is 9.94. The van der Waals surface area contributed by atoms with Crippen molar-refractivity contribution in [2.75, 3.05) is 14.1 Å². The molecule has 0 radical (unpaired) electrons. The van der Waals surface area contributed by atoms with Crippen molar-refractivity contribution < 1.29 is 4.42 Å². The van der Waals surface area contributed by atoms with E-state index in [4.69, 9.17) is 17.0 Å². The van der Waals surface area contributed by atoms with Crippen molar-refractivity contribution in [2.45, 2.75) is 4.21 Å². The fourth-order valence-corrected chi connectivity index (χ4v) is 2.32. The van der Waals surface area contributed by atoms with Gasteiger partial charge in [-0.3, -0.25) is 11.3 Å². The first-order valence-electron chi connectivity index (χ1n) is 4.55. The number of hydrogen-bond donors (Lipinski definition) is 0. The van der Waals surface area contributed by atoms with E-state index in [2.05, 4.69) is 0 Å². The SMILES string of the molecule is C[N+](C)=c1oc(-c2ccccc2)c([S-])s1. The fourth-order valence-electron chi connectivity index (χ4n) is 1.22. The van der Waals surface area contributed by atoms with E-state index >= 15 is 0 Å². The Balaban J connectivity index is 2.61. The van der Waals surface area contributed by atoms with Crippen LogP contribution in [-0.4, -0.2) is 14.1 Å². The highest BCUT2D eigenvalue weighted by Gasteiger charge is 2.04. The molecule has 4 heteroatoms. The molecule has 1 aromatic carbocycles. The molecule has 0 bridgehead atoms. The molecule has 2 rings (SSSR count). The first kappa shape index (κ1) is 10.4. The maximum atomic E-state index is 5.70. The Morgan fingerprint density at radius 1 is 1.20 bits per heavy atom. The number of rotatable bonds is 1. The molecule has 0 saturated heterocycles. The minimum absolute atomic E-state index is 0.791. The maximum Gasteiger partial charge on any atom is 0.332 e. The average Bonchev–Trinajstić information content (AvgIpc) is 2.62. The van der Waals surface area contributed by atoms with E-state index in [0.29, 0.717) is 0 Å². The van der Waals surface area contributed by atoms with E-state index in [1.54, 1.807) is 0 Å². The Morgan fingerprint density at radius 3 is 2.40 bits per heavy atom. The lowest BCUT2D eigenvalue weighted by molar-refractivity contribution is 0.491. The van der Waals surface area contributed by atoms with Gasteiger partial charge in [-0.15, -0.1) is 0 Å². The van der Waals surface area contributed by atoms with Crippen molar-refractivity contribution in [1.29, 1.82) is 0 Å². The molecule has 0 unspecified atom stereocenters. The Morgan fingerprint density at radius 2 is 1.87 bits per heavy atom. The Labute approximate surface area is 97.9 Å². The molecule has 1 aromatic heterocycles. The van der Waals surface area contributed by atoms with Crippen LogP contribution < -0.4 is 9.44 Å². The van der Waals surface area contributed by atoms with Crippen molar-refractivity contribution in [1.82, 2.24) is 4.58 Å². The summed E-state index contributed by atoms with van der Waals surface area (Å²) in [4.78, 5) is 0.832. The topological polar surface area (TPSA) is 16.1 Å². The van der Waals surface area contributed by atoms with E-state index in [9.17, 15) is 0 Å². The third-order valence-corrected chi connectivity index (χ3v) is 3.39. The lowest BCUT2D eigenvalue weighted by atomic mass is 10.2. The van der Waals surface area contributed by atoms with Gasteiger partial charge in [0, 0.05) is 5.56 Å². The molecule has 0 atom stereocenters. The Kier molecular flexibility index (Phi) is 2.88. The van der Waals surface area contributed by atoms with Crippen LogP contribution >= 0.6 is 11.3 Å². The van der Waals surface area contributed by atoms with Crippen molar-refractivity contribution in [2.24, 2.45) is 0 Å². The van der Waals surface area contributed by atoms with Gasteiger partial charge >= 0.3 is 4.87 Å². The Bertz CT molecular complexity index is 521. The summed E-state index contributed by atoms with van der Waals surface area (Å²) >= 11 is 6.76. The van der Waals surface area contributed by atoms with E-state index in [1.807, 2.05) is 49.0 Å². The number of hydrogen-bond acceptors (Lipinski definition) is 3. The summed E-state index contributed by atoms with van der Waals surface area (Å²) in [5, 5.41) is 0. The summed E-state index contributed by atoms with van der Waals surface area (Å²) in [5.74, 6) is 0.791. The van der Waals surface area contributed by atoms with Crippen LogP contribution in [0, 0.1) is 0 Å². The zero-order valence-corrected chi connectivity index (χ0v) is 10.2. The van der Waals surface area contributed by atoms with Crippen LogP contribution in [0.3, 0.4) is 0 Å². The summed E-state index contributed by atoms with van der Waals surface area (Å²) in [5.41, 5.74) is 1.03. The van der Waals surface area contributed by atoms with Crippen LogP contribution in [0.5, 0.6) is 0 Å². The van der Waals surface area contributed by atoms with Crippen molar-refractivity contribution in [3.8, 4) is 11.3 Å². The second-order valence-corrected chi connectivity index (χ2v) is 4.98. The monoisotopic (exact) mass is 237 g/mol. The standard InChI is InChI=1S/C11H11NOS2/c1-12(2)11-13-9(10(14)15-11)8-6-4-3-5-7-8/h3-7H,1-2H3. The van der Waals surface area contributed by atoms with Crippen molar-refractivity contribution in [3.05, 3.63) is 35.2 Å². The van der Waals surface area contributed by atoms with Gasteiger partial charge in [0.15, 0.2) is 0 Å². The molecule has 2 nitrogen and oxygen atoms in total. The third-order valence-electron chi connectivity index (χ3n) is 1.96. The third kappa shape index (κ3) is 2.11. The fraction of sp³-hybridized carbons (Fsp3) is 0.182. The molecule has 0 saturated carbocycles. The highest BCUT2D eigenvalue weighted by molar-refractivity contribution is 7.62. The molecule has 0 aliphatic rings. The molecule has 15 heavy (non-hydrogen) atoms. The van der Waals surface area contributed by atoms with Crippen LogP contribution in [0.25, 0.3) is 11.3 Å². The van der Waals surface area contributed by atoms with Gasteiger partial charge < -0.3 is 17.0 Å². The zero-order valence-electron chi connectivity index (χ0n) is 8.56. The number of benzene rings is 1. The minimum atomic E-state index is 0.791. The lowest BCUT2D eigenvalue weighted by Gasteiger charge is -1.99. The lowest BCUT2D eigenvalue weighted by Crippen LogP contribution is -2.16. The molecular weight excluding hydrogens is 226 g/mol. The largest absolute Gasteiger partial charge is 0.424 e. The smallest absolute Gasteiger partial charge is 0.332 e. The van der Waals surface area contributed by atoms with Crippen LogP contribution in [0.2, 0.25) is 0 Å². The zero-order chi connectivity index (χ0) is 10.8. The van der Waals surface area contributed by atoms with E-state index in [1.165, 1.54) is 11.3 Å². The van der Waals surface area contributed by atoms with E-state index in [0.717, 1.165) is 20.4 Å². The first-order chi connectivity index (χ1) is 7.18. The predicted octanol–water partition coefficient (Wildman–Crippen LogP) is 1.95. The van der Waals surface area contributed by atoms with Gasteiger partial charge in [0.25, 0.3) is 0 Å². The quantitative estimate of drug-likeness (QED) is 0.556. The highest BCUT2D eigenvalue weighted by Crippen LogP contribution is 2.24. The summed E-state index contributed by atoms with van der Waals surface area (Å²) in [7, 11) is 3.89. The Hall–Kier alpha value is -1.13. The molecule has 0 aliphatic heterocycles. The van der Waals surface area contributed by atoms with Gasteiger partial charge in [0.05, 0.1) is 0 Å². The summed E-state index contributed by atoms with van der Waals surface area (Å²) < 4.78 is 8.42. The molecule has 0 aliphatic carbocycles. The van der Waals surface area contributed by atoms with Gasteiger partial charge in [0.2, 0.25) is 0 Å². The summed E-state index contributed by atoms with van der Waals surface area (Å²) in [6.07, 6.45) is 0.